The van der Waals surface area contributed by atoms with Crippen LogP contribution in [0.25, 0.3) is 10.2 Å². The van der Waals surface area contributed by atoms with Gasteiger partial charge in [0.15, 0.2) is 0 Å². The van der Waals surface area contributed by atoms with Crippen LogP contribution in [0.3, 0.4) is 0 Å². The summed E-state index contributed by atoms with van der Waals surface area (Å²) < 4.78 is 2.32. The second-order valence-corrected chi connectivity index (χ2v) is 6.34. The molecule has 0 fully saturated rings. The molecule has 0 aliphatic carbocycles. The zero-order valence-electron chi connectivity index (χ0n) is 10.6. The van der Waals surface area contributed by atoms with Gasteiger partial charge in [0.25, 0.3) is 0 Å². The highest BCUT2D eigenvalue weighted by molar-refractivity contribution is 9.10. The number of fused-ring (bicyclic) bond motifs is 1. The van der Waals surface area contributed by atoms with E-state index in [0.29, 0.717) is 0 Å². The Morgan fingerprint density at radius 3 is 2.84 bits per heavy atom. The Hall–Kier alpha value is -1.26. The zero-order valence-corrected chi connectivity index (χ0v) is 13.0. The van der Waals surface area contributed by atoms with Crippen molar-refractivity contribution in [1.29, 1.82) is 0 Å². The van der Waals surface area contributed by atoms with Gasteiger partial charge in [0, 0.05) is 16.4 Å². The van der Waals surface area contributed by atoms with Crippen LogP contribution in [0.1, 0.15) is 16.8 Å². The quantitative estimate of drug-likeness (QED) is 0.703. The molecule has 96 valence electrons. The van der Waals surface area contributed by atoms with Crippen molar-refractivity contribution in [3.8, 4) is 0 Å². The number of aryl methyl sites for hydroxylation is 3. The topological polar surface area (TPSA) is 25.8 Å². The number of nitrogens with zero attached hydrogens (tertiary/aromatic N) is 2. The van der Waals surface area contributed by atoms with Crippen LogP contribution in [-0.2, 0) is 12.8 Å². The first-order valence-corrected chi connectivity index (χ1v) is 7.83. The van der Waals surface area contributed by atoms with E-state index in [1.165, 1.54) is 15.8 Å². The maximum atomic E-state index is 4.45. The molecular formula is C15H13BrN2S. The highest BCUT2D eigenvalue weighted by atomic mass is 79.9. The van der Waals surface area contributed by atoms with E-state index in [1.54, 1.807) is 11.3 Å². The number of aromatic nitrogens is 2. The maximum Gasteiger partial charge on any atom is 0.0954 e. The van der Waals surface area contributed by atoms with E-state index in [0.717, 1.165) is 28.5 Å². The van der Waals surface area contributed by atoms with Crippen LogP contribution in [0.15, 0.2) is 40.4 Å². The summed E-state index contributed by atoms with van der Waals surface area (Å²) in [4.78, 5) is 8.79. The van der Waals surface area contributed by atoms with Crippen LogP contribution in [0.5, 0.6) is 0 Å². The predicted octanol–water partition coefficient (Wildman–Crippen LogP) is 4.55. The molecule has 0 bridgehead atoms. The Balaban J connectivity index is 1.79. The van der Waals surface area contributed by atoms with Crippen LogP contribution in [0.2, 0.25) is 0 Å². The van der Waals surface area contributed by atoms with Crippen LogP contribution in [0, 0.1) is 6.92 Å². The first-order valence-electron chi connectivity index (χ1n) is 6.15. The van der Waals surface area contributed by atoms with E-state index in [-0.39, 0.29) is 0 Å². The zero-order chi connectivity index (χ0) is 13.2. The Kier molecular flexibility index (Phi) is 3.62. The standard InChI is InChI=1S/C15H13BrN2S/c1-10-2-4-12(17-8-10)5-3-11-6-13(16)15-14(7-11)19-9-18-15/h2,4,6-9H,3,5H2,1H3. The van der Waals surface area contributed by atoms with Crippen LogP contribution in [0.4, 0.5) is 0 Å². The van der Waals surface area contributed by atoms with Gasteiger partial charge < -0.3 is 0 Å². The fourth-order valence-corrected chi connectivity index (χ4v) is 3.55. The SMILES string of the molecule is Cc1ccc(CCc2cc(Br)c3ncsc3c2)nc1. The van der Waals surface area contributed by atoms with Crippen molar-refractivity contribution < 1.29 is 0 Å². The lowest BCUT2D eigenvalue weighted by Crippen LogP contribution is -1.94. The van der Waals surface area contributed by atoms with Gasteiger partial charge in [0.2, 0.25) is 0 Å². The van der Waals surface area contributed by atoms with E-state index < -0.39 is 0 Å². The molecule has 0 amide bonds. The van der Waals surface area contributed by atoms with Gasteiger partial charge in [0.05, 0.1) is 15.7 Å². The fourth-order valence-electron chi connectivity index (χ4n) is 2.04. The Morgan fingerprint density at radius 1 is 1.16 bits per heavy atom. The fraction of sp³-hybridized carbons (Fsp3) is 0.200. The van der Waals surface area contributed by atoms with Gasteiger partial charge in [-0.25, -0.2) is 4.98 Å². The minimum atomic E-state index is 0.969. The summed E-state index contributed by atoms with van der Waals surface area (Å²) in [5, 5.41) is 0. The molecule has 4 heteroatoms. The van der Waals surface area contributed by atoms with Gasteiger partial charge >= 0.3 is 0 Å². The lowest BCUT2D eigenvalue weighted by molar-refractivity contribution is 0.912. The van der Waals surface area contributed by atoms with Gasteiger partial charge in [-0.2, -0.15) is 0 Å². The van der Waals surface area contributed by atoms with Crippen molar-refractivity contribution in [3.63, 3.8) is 0 Å². The molecule has 2 aromatic heterocycles. The highest BCUT2D eigenvalue weighted by Crippen LogP contribution is 2.28. The molecular weight excluding hydrogens is 320 g/mol. The van der Waals surface area contributed by atoms with Crippen LogP contribution in [-0.4, -0.2) is 9.97 Å². The smallest absolute Gasteiger partial charge is 0.0954 e. The van der Waals surface area contributed by atoms with Crippen molar-refractivity contribution >= 4 is 37.5 Å². The molecule has 3 aromatic rings. The molecule has 1 aromatic carbocycles. The molecule has 0 saturated carbocycles. The van der Waals surface area contributed by atoms with Crippen LogP contribution >= 0.6 is 27.3 Å². The summed E-state index contributed by atoms with van der Waals surface area (Å²) in [5.41, 5.74) is 6.62. The molecule has 2 heterocycles. The minimum absolute atomic E-state index is 0.969. The van der Waals surface area contributed by atoms with Gasteiger partial charge in [-0.15, -0.1) is 11.3 Å². The number of thiazole rings is 1. The normalized spacial score (nSPS) is 11.1. The summed E-state index contributed by atoms with van der Waals surface area (Å²) in [7, 11) is 0. The third kappa shape index (κ3) is 2.85. The molecule has 2 nitrogen and oxygen atoms in total. The summed E-state index contributed by atoms with van der Waals surface area (Å²) in [5.74, 6) is 0. The first kappa shape index (κ1) is 12.8. The number of pyridine rings is 1. The molecule has 0 aliphatic rings. The Morgan fingerprint density at radius 2 is 2.05 bits per heavy atom. The maximum absolute atomic E-state index is 4.45. The number of rotatable bonds is 3. The minimum Gasteiger partial charge on any atom is -0.261 e. The van der Waals surface area contributed by atoms with E-state index in [9.17, 15) is 0 Å². The van der Waals surface area contributed by atoms with E-state index in [1.807, 2.05) is 11.7 Å². The van der Waals surface area contributed by atoms with E-state index in [2.05, 4.69) is 57.1 Å². The molecule has 0 aliphatic heterocycles. The average molecular weight is 333 g/mol. The van der Waals surface area contributed by atoms with Gasteiger partial charge in [-0.05, 0) is 65.0 Å². The first-order chi connectivity index (χ1) is 9.22. The molecule has 0 N–H and O–H groups in total. The third-order valence-electron chi connectivity index (χ3n) is 3.09. The van der Waals surface area contributed by atoms with Crippen LogP contribution < -0.4 is 0 Å². The molecule has 0 unspecified atom stereocenters. The van der Waals surface area contributed by atoms with Crippen molar-refractivity contribution in [1.82, 2.24) is 9.97 Å². The summed E-state index contributed by atoms with van der Waals surface area (Å²) in [6.07, 6.45) is 3.90. The number of hydrogen-bond acceptors (Lipinski definition) is 3. The van der Waals surface area contributed by atoms with Gasteiger partial charge in [-0.3, -0.25) is 4.98 Å². The largest absolute Gasteiger partial charge is 0.261 e. The number of halogens is 1. The number of benzene rings is 1. The highest BCUT2D eigenvalue weighted by Gasteiger charge is 2.05. The summed E-state index contributed by atoms with van der Waals surface area (Å²) >= 11 is 5.27. The summed E-state index contributed by atoms with van der Waals surface area (Å²) in [6, 6.07) is 8.61. The van der Waals surface area contributed by atoms with E-state index >= 15 is 0 Å². The Bertz CT molecular complexity index is 704. The average Bonchev–Trinajstić information content (AvgIpc) is 2.87. The van der Waals surface area contributed by atoms with Crippen molar-refractivity contribution in [2.24, 2.45) is 0 Å². The molecule has 0 atom stereocenters. The second-order valence-electron chi connectivity index (χ2n) is 4.60. The van der Waals surface area contributed by atoms with Crippen molar-refractivity contribution in [3.05, 3.63) is 57.3 Å². The number of hydrogen-bond donors (Lipinski definition) is 0. The molecule has 0 radical (unpaired) electrons. The predicted molar refractivity (Wildman–Crippen MR) is 83.7 cm³/mol. The lowest BCUT2D eigenvalue weighted by Gasteiger charge is -2.03. The summed E-state index contributed by atoms with van der Waals surface area (Å²) in [6.45, 7) is 2.06. The van der Waals surface area contributed by atoms with Gasteiger partial charge in [-0.1, -0.05) is 6.07 Å². The monoisotopic (exact) mass is 332 g/mol. The van der Waals surface area contributed by atoms with Gasteiger partial charge in [0.1, 0.15) is 0 Å². The lowest BCUT2D eigenvalue weighted by atomic mass is 10.1. The Labute approximate surface area is 124 Å². The van der Waals surface area contributed by atoms with E-state index in [4.69, 9.17) is 0 Å². The van der Waals surface area contributed by atoms with Crippen molar-refractivity contribution in [2.75, 3.05) is 0 Å². The van der Waals surface area contributed by atoms with Crippen molar-refractivity contribution in [2.45, 2.75) is 19.8 Å². The molecule has 19 heavy (non-hydrogen) atoms. The molecule has 0 spiro atoms. The second kappa shape index (κ2) is 5.39. The third-order valence-corrected chi connectivity index (χ3v) is 4.47. The molecule has 0 saturated heterocycles. The molecule has 3 rings (SSSR count).